The summed E-state index contributed by atoms with van der Waals surface area (Å²) in [5.74, 6) is -0.0493. The quantitative estimate of drug-likeness (QED) is 0.663. The molecule has 5 nitrogen and oxygen atoms in total. The third-order valence-corrected chi connectivity index (χ3v) is 4.14. The van der Waals surface area contributed by atoms with E-state index >= 15 is 0 Å². The van der Waals surface area contributed by atoms with E-state index in [2.05, 4.69) is 4.72 Å². The van der Waals surface area contributed by atoms with E-state index in [1.54, 1.807) is 13.2 Å². The van der Waals surface area contributed by atoms with E-state index in [4.69, 9.17) is 21.1 Å². The Hall–Kier alpha value is -0.660. The lowest BCUT2D eigenvalue weighted by atomic mass is 10.2. The highest BCUT2D eigenvalue weighted by Crippen LogP contribution is 2.10. The van der Waals surface area contributed by atoms with Gasteiger partial charge < -0.3 is 9.47 Å². The first-order valence-corrected chi connectivity index (χ1v) is 8.35. The first-order chi connectivity index (χ1) is 9.53. The van der Waals surface area contributed by atoms with Gasteiger partial charge in [-0.15, -0.1) is 0 Å². The summed E-state index contributed by atoms with van der Waals surface area (Å²) >= 11 is 5.86. The minimum Gasteiger partial charge on any atom is -0.382 e. The van der Waals surface area contributed by atoms with E-state index in [1.165, 1.54) is 0 Å². The molecule has 0 saturated carbocycles. The van der Waals surface area contributed by atoms with Crippen molar-refractivity contribution < 1.29 is 17.9 Å². The smallest absolute Gasteiger partial charge is 0.213 e. The number of ether oxygens (including phenoxy) is 2. The van der Waals surface area contributed by atoms with Crippen molar-refractivity contribution in [3.63, 3.8) is 0 Å². The van der Waals surface area contributed by atoms with Gasteiger partial charge in [0.2, 0.25) is 10.0 Å². The van der Waals surface area contributed by atoms with Crippen molar-refractivity contribution in [1.29, 1.82) is 0 Å². The number of halogens is 1. The molecule has 0 fully saturated rings. The number of hydrogen-bond acceptors (Lipinski definition) is 4. The molecule has 0 aliphatic carbocycles. The molecule has 1 N–H and O–H groups in total. The van der Waals surface area contributed by atoms with Gasteiger partial charge in [-0.05, 0) is 24.1 Å². The van der Waals surface area contributed by atoms with Crippen LogP contribution in [0.15, 0.2) is 24.3 Å². The van der Waals surface area contributed by atoms with Gasteiger partial charge in [-0.3, -0.25) is 0 Å². The second-order valence-electron chi connectivity index (χ2n) is 4.20. The summed E-state index contributed by atoms with van der Waals surface area (Å²) in [6.45, 7) is 1.37. The van der Waals surface area contributed by atoms with E-state index in [1.807, 2.05) is 18.2 Å². The van der Waals surface area contributed by atoms with Crippen molar-refractivity contribution >= 4 is 21.6 Å². The van der Waals surface area contributed by atoms with Crippen LogP contribution in [0.3, 0.4) is 0 Å². The molecule has 1 rings (SSSR count). The summed E-state index contributed by atoms with van der Waals surface area (Å²) in [6, 6.07) is 7.36. The first kappa shape index (κ1) is 17.4. The third kappa shape index (κ3) is 7.81. The number of rotatable bonds is 10. The Morgan fingerprint density at radius 3 is 2.75 bits per heavy atom. The second kappa shape index (κ2) is 9.31. The zero-order valence-electron chi connectivity index (χ0n) is 11.5. The standard InChI is InChI=1S/C13H20ClNO4S/c1-18-7-8-19-9-10-20(16,17)15-6-5-12-3-2-4-13(14)11-12/h2-4,11,15H,5-10H2,1H3. The summed E-state index contributed by atoms with van der Waals surface area (Å²) in [4.78, 5) is 0. The van der Waals surface area contributed by atoms with Crippen LogP contribution in [0.2, 0.25) is 5.02 Å². The Morgan fingerprint density at radius 2 is 2.05 bits per heavy atom. The molecule has 0 bridgehead atoms. The highest BCUT2D eigenvalue weighted by molar-refractivity contribution is 7.89. The molecule has 0 radical (unpaired) electrons. The van der Waals surface area contributed by atoms with Gasteiger partial charge in [0.25, 0.3) is 0 Å². The van der Waals surface area contributed by atoms with Crippen molar-refractivity contribution in [2.45, 2.75) is 6.42 Å². The molecule has 1 aromatic rings. The maximum Gasteiger partial charge on any atom is 0.213 e. The van der Waals surface area contributed by atoms with Crippen molar-refractivity contribution in [3.8, 4) is 0 Å². The fourth-order valence-electron chi connectivity index (χ4n) is 1.53. The Bertz CT molecular complexity index is 493. The summed E-state index contributed by atoms with van der Waals surface area (Å²) in [6.07, 6.45) is 0.602. The lowest BCUT2D eigenvalue weighted by molar-refractivity contribution is 0.0784. The summed E-state index contributed by atoms with van der Waals surface area (Å²) in [7, 11) is -1.73. The van der Waals surface area contributed by atoms with Gasteiger partial charge in [0.1, 0.15) is 0 Å². The molecule has 0 heterocycles. The van der Waals surface area contributed by atoms with Crippen LogP contribution in [-0.2, 0) is 25.9 Å². The molecule has 7 heteroatoms. The van der Waals surface area contributed by atoms with E-state index < -0.39 is 10.0 Å². The summed E-state index contributed by atoms with van der Waals surface area (Å²) < 4.78 is 35.8. The van der Waals surface area contributed by atoms with Gasteiger partial charge in [0.15, 0.2) is 0 Å². The molecule has 0 aromatic heterocycles. The zero-order chi connectivity index (χ0) is 14.8. The van der Waals surface area contributed by atoms with E-state index in [0.29, 0.717) is 31.2 Å². The van der Waals surface area contributed by atoms with Crippen LogP contribution < -0.4 is 4.72 Å². The Balaban J connectivity index is 2.22. The maximum atomic E-state index is 11.7. The molecule has 0 atom stereocenters. The molecule has 0 spiro atoms. The van der Waals surface area contributed by atoms with Gasteiger partial charge in [-0.25, -0.2) is 13.1 Å². The minimum atomic E-state index is -3.30. The van der Waals surface area contributed by atoms with Crippen LogP contribution in [0.1, 0.15) is 5.56 Å². The number of hydrogen-bond donors (Lipinski definition) is 1. The highest BCUT2D eigenvalue weighted by Gasteiger charge is 2.09. The Labute approximate surface area is 125 Å². The minimum absolute atomic E-state index is 0.0493. The van der Waals surface area contributed by atoms with Crippen LogP contribution in [0.4, 0.5) is 0 Å². The monoisotopic (exact) mass is 321 g/mol. The summed E-state index contributed by atoms with van der Waals surface area (Å²) in [5, 5.41) is 0.650. The third-order valence-electron chi connectivity index (χ3n) is 2.55. The Morgan fingerprint density at radius 1 is 1.25 bits per heavy atom. The SMILES string of the molecule is COCCOCCS(=O)(=O)NCCc1cccc(Cl)c1. The van der Waals surface area contributed by atoms with Crippen LogP contribution in [0.25, 0.3) is 0 Å². The predicted octanol–water partition coefficient (Wildman–Crippen LogP) is 1.46. The molecule has 20 heavy (non-hydrogen) atoms. The van der Waals surface area contributed by atoms with Gasteiger partial charge >= 0.3 is 0 Å². The number of sulfonamides is 1. The molecule has 0 unspecified atom stereocenters. The number of nitrogens with one attached hydrogen (secondary N) is 1. The molecule has 114 valence electrons. The lowest BCUT2D eigenvalue weighted by Crippen LogP contribution is -2.30. The van der Waals surface area contributed by atoms with Gasteiger partial charge in [-0.1, -0.05) is 23.7 Å². The molecule has 0 saturated heterocycles. The first-order valence-electron chi connectivity index (χ1n) is 6.32. The molecule has 0 aliphatic heterocycles. The van der Waals surface area contributed by atoms with Crippen molar-refractivity contribution in [2.75, 3.05) is 39.2 Å². The van der Waals surface area contributed by atoms with E-state index in [-0.39, 0.29) is 12.4 Å². The maximum absolute atomic E-state index is 11.7. The van der Waals surface area contributed by atoms with Crippen molar-refractivity contribution in [3.05, 3.63) is 34.9 Å². The molecule has 1 aromatic carbocycles. The van der Waals surface area contributed by atoms with Gasteiger partial charge in [0.05, 0.1) is 25.6 Å². The lowest BCUT2D eigenvalue weighted by Gasteiger charge is -2.07. The van der Waals surface area contributed by atoms with E-state index in [9.17, 15) is 8.42 Å². The average molecular weight is 322 g/mol. The topological polar surface area (TPSA) is 64.6 Å². The molecule has 0 amide bonds. The van der Waals surface area contributed by atoms with Crippen molar-refractivity contribution in [2.24, 2.45) is 0 Å². The van der Waals surface area contributed by atoms with Crippen LogP contribution in [0.5, 0.6) is 0 Å². The van der Waals surface area contributed by atoms with Gasteiger partial charge in [0, 0.05) is 18.7 Å². The van der Waals surface area contributed by atoms with Crippen LogP contribution in [-0.4, -0.2) is 47.6 Å². The van der Waals surface area contributed by atoms with Crippen molar-refractivity contribution in [1.82, 2.24) is 4.72 Å². The Kier molecular flexibility index (Phi) is 8.09. The molecular weight excluding hydrogens is 302 g/mol. The average Bonchev–Trinajstić information content (AvgIpc) is 2.38. The number of benzene rings is 1. The van der Waals surface area contributed by atoms with E-state index in [0.717, 1.165) is 5.56 Å². The fourth-order valence-corrected chi connectivity index (χ4v) is 2.64. The second-order valence-corrected chi connectivity index (χ2v) is 6.56. The predicted molar refractivity (Wildman–Crippen MR) is 79.6 cm³/mol. The van der Waals surface area contributed by atoms with Crippen LogP contribution in [0, 0.1) is 0 Å². The normalized spacial score (nSPS) is 11.7. The largest absolute Gasteiger partial charge is 0.382 e. The molecular formula is C13H20ClNO4S. The highest BCUT2D eigenvalue weighted by atomic mass is 35.5. The number of methoxy groups -OCH3 is 1. The van der Waals surface area contributed by atoms with Crippen LogP contribution >= 0.6 is 11.6 Å². The molecule has 0 aliphatic rings. The fraction of sp³-hybridized carbons (Fsp3) is 0.538. The summed E-state index contributed by atoms with van der Waals surface area (Å²) in [5.41, 5.74) is 0.997. The zero-order valence-corrected chi connectivity index (χ0v) is 13.0. The van der Waals surface area contributed by atoms with Gasteiger partial charge in [-0.2, -0.15) is 0 Å².